The van der Waals surface area contributed by atoms with Crippen LogP contribution in [0.4, 0.5) is 26.3 Å². The summed E-state index contributed by atoms with van der Waals surface area (Å²) in [5, 5.41) is 0. The van der Waals surface area contributed by atoms with Gasteiger partial charge < -0.3 is 0 Å². The molecular weight excluding hydrogens is 502 g/mol. The van der Waals surface area contributed by atoms with E-state index in [9.17, 15) is 22.0 Å². The van der Waals surface area contributed by atoms with Crippen LogP contribution >= 0.6 is 0 Å². The Bertz CT molecular complexity index is 672. The summed E-state index contributed by atoms with van der Waals surface area (Å²) in [6, 6.07) is 0. The van der Waals surface area contributed by atoms with E-state index in [0.717, 1.165) is 24.2 Å². The van der Waals surface area contributed by atoms with Gasteiger partial charge >= 0.3 is 6.36 Å². The van der Waals surface area contributed by atoms with Crippen LogP contribution in [0.3, 0.4) is 0 Å². The van der Waals surface area contributed by atoms with Crippen LogP contribution in [0.15, 0.2) is 0 Å². The van der Waals surface area contributed by atoms with E-state index in [-0.39, 0.29) is 12.8 Å². The molecule has 0 heterocycles. The molecule has 0 saturated heterocycles. The minimum atomic E-state index is -5.07. The van der Waals surface area contributed by atoms with E-state index < -0.39 is 42.8 Å². The molecule has 7 heteroatoms. The molecule has 1 nitrogen and oxygen atoms in total. The fourth-order valence-corrected chi connectivity index (χ4v) is 8.85. The molecule has 5 unspecified atom stereocenters. The average Bonchev–Trinajstić information content (AvgIpc) is 2.88. The van der Waals surface area contributed by atoms with Crippen molar-refractivity contribution in [2.75, 3.05) is 0 Å². The van der Waals surface area contributed by atoms with Crippen LogP contribution in [-0.2, 0) is 4.74 Å². The highest BCUT2D eigenvalue weighted by Gasteiger charge is 2.49. The standard InChI is InChI=1S/C31H50F6O/c1-2-3-4-5-6-20-7-9-21(10-8-20)22-11-13-23(14-12-22)24-15-16-26(27(32)17-24)25-18-28(33)30(29(34)19-25)38-31(35,36)37/h20-30H,2-19H2,1H3. The molecule has 0 aromatic heterocycles. The molecule has 0 aromatic carbocycles. The molecule has 4 aliphatic rings. The second-order valence-electron chi connectivity index (χ2n) is 13.3. The van der Waals surface area contributed by atoms with Crippen LogP contribution in [0.25, 0.3) is 0 Å². The van der Waals surface area contributed by atoms with Gasteiger partial charge in [0.05, 0.1) is 0 Å². The Balaban J connectivity index is 1.17. The van der Waals surface area contributed by atoms with Gasteiger partial charge in [-0.1, -0.05) is 51.9 Å². The van der Waals surface area contributed by atoms with Gasteiger partial charge in [-0.15, -0.1) is 13.2 Å². The number of hydrogen-bond acceptors (Lipinski definition) is 1. The topological polar surface area (TPSA) is 9.23 Å². The lowest BCUT2D eigenvalue weighted by Gasteiger charge is -2.45. The number of halogens is 6. The number of alkyl halides is 6. The van der Waals surface area contributed by atoms with E-state index in [4.69, 9.17) is 0 Å². The van der Waals surface area contributed by atoms with E-state index in [1.54, 1.807) is 0 Å². The third-order valence-electron chi connectivity index (χ3n) is 11.0. The van der Waals surface area contributed by atoms with Crippen molar-refractivity contribution in [2.45, 2.75) is 153 Å². The maximum Gasteiger partial charge on any atom is 0.522 e. The van der Waals surface area contributed by atoms with Crippen LogP contribution in [0.5, 0.6) is 0 Å². The van der Waals surface area contributed by atoms with Gasteiger partial charge in [0.15, 0.2) is 0 Å². The van der Waals surface area contributed by atoms with Gasteiger partial charge in [0.25, 0.3) is 0 Å². The molecule has 0 radical (unpaired) electrons. The zero-order valence-corrected chi connectivity index (χ0v) is 23.3. The Kier molecular flexibility index (Phi) is 11.2. The van der Waals surface area contributed by atoms with Crippen LogP contribution in [0.2, 0.25) is 0 Å². The number of unbranched alkanes of at least 4 members (excludes halogenated alkanes) is 3. The first kappa shape index (κ1) is 30.5. The molecule has 4 rings (SSSR count). The quantitative estimate of drug-likeness (QED) is 0.204. The third kappa shape index (κ3) is 8.28. The molecule has 4 aliphatic carbocycles. The van der Waals surface area contributed by atoms with Gasteiger partial charge in [-0.25, -0.2) is 13.2 Å². The normalized spacial score (nSPS) is 43.2. The maximum absolute atomic E-state index is 15.3. The highest BCUT2D eigenvalue weighted by atomic mass is 19.4. The summed E-state index contributed by atoms with van der Waals surface area (Å²) >= 11 is 0. The fourth-order valence-electron chi connectivity index (χ4n) is 8.85. The monoisotopic (exact) mass is 552 g/mol. The second kappa shape index (κ2) is 13.9. The molecule has 38 heavy (non-hydrogen) atoms. The summed E-state index contributed by atoms with van der Waals surface area (Å²) in [6.45, 7) is 2.26. The fraction of sp³-hybridized carbons (Fsp3) is 1.00. The zero-order valence-electron chi connectivity index (χ0n) is 23.3. The van der Waals surface area contributed by atoms with Crippen molar-refractivity contribution in [3.8, 4) is 0 Å². The Morgan fingerprint density at radius 3 is 1.61 bits per heavy atom. The molecule has 222 valence electrons. The Labute approximate surface area is 226 Å². The predicted molar refractivity (Wildman–Crippen MR) is 139 cm³/mol. The first-order chi connectivity index (χ1) is 18.1. The average molecular weight is 553 g/mol. The lowest BCUT2D eigenvalue weighted by atomic mass is 9.62. The Morgan fingerprint density at radius 2 is 1.08 bits per heavy atom. The summed E-state index contributed by atoms with van der Waals surface area (Å²) in [6.07, 6.45) is 6.22. The van der Waals surface area contributed by atoms with E-state index in [0.29, 0.717) is 24.7 Å². The van der Waals surface area contributed by atoms with Gasteiger partial charge in [-0.05, 0) is 112 Å². The van der Waals surface area contributed by atoms with Gasteiger partial charge in [-0.2, -0.15) is 0 Å². The minimum absolute atomic E-state index is 0.247. The molecule has 4 fully saturated rings. The number of rotatable bonds is 9. The van der Waals surface area contributed by atoms with Crippen LogP contribution in [0, 0.1) is 41.4 Å². The molecule has 5 atom stereocenters. The molecular formula is C31H50F6O. The maximum atomic E-state index is 15.3. The molecule has 0 aliphatic heterocycles. The van der Waals surface area contributed by atoms with E-state index in [1.807, 2.05) is 0 Å². The molecule has 0 N–H and O–H groups in total. The number of ether oxygens (including phenoxy) is 1. The van der Waals surface area contributed by atoms with Crippen molar-refractivity contribution in [2.24, 2.45) is 41.4 Å². The molecule has 0 amide bonds. The van der Waals surface area contributed by atoms with Crippen LogP contribution in [-0.4, -0.2) is 31.0 Å². The van der Waals surface area contributed by atoms with E-state index >= 15 is 4.39 Å². The number of hydrogen-bond donors (Lipinski definition) is 0. The van der Waals surface area contributed by atoms with Crippen molar-refractivity contribution in [1.82, 2.24) is 0 Å². The van der Waals surface area contributed by atoms with Crippen LogP contribution in [0.1, 0.15) is 122 Å². The van der Waals surface area contributed by atoms with Crippen molar-refractivity contribution in [3.05, 3.63) is 0 Å². The van der Waals surface area contributed by atoms with Gasteiger partial charge in [0.2, 0.25) is 0 Å². The summed E-state index contributed by atoms with van der Waals surface area (Å²) in [5.41, 5.74) is 0. The Morgan fingerprint density at radius 1 is 0.579 bits per heavy atom. The van der Waals surface area contributed by atoms with Gasteiger partial charge in [0.1, 0.15) is 24.6 Å². The molecule has 4 saturated carbocycles. The second-order valence-corrected chi connectivity index (χ2v) is 13.3. The van der Waals surface area contributed by atoms with E-state index in [2.05, 4.69) is 11.7 Å². The van der Waals surface area contributed by atoms with Crippen molar-refractivity contribution < 1.29 is 31.1 Å². The highest BCUT2D eigenvalue weighted by molar-refractivity contribution is 4.95. The highest BCUT2D eigenvalue weighted by Crippen LogP contribution is 2.49. The van der Waals surface area contributed by atoms with E-state index in [1.165, 1.54) is 83.5 Å². The third-order valence-corrected chi connectivity index (χ3v) is 11.0. The first-order valence-electron chi connectivity index (χ1n) is 15.8. The lowest BCUT2D eigenvalue weighted by Crippen LogP contribution is -2.48. The molecule has 0 bridgehead atoms. The summed E-state index contributed by atoms with van der Waals surface area (Å²) in [5.74, 6) is 2.48. The Hall–Kier alpha value is -0.460. The molecule has 0 spiro atoms. The van der Waals surface area contributed by atoms with Gasteiger partial charge in [0, 0.05) is 0 Å². The summed E-state index contributed by atoms with van der Waals surface area (Å²) in [4.78, 5) is 0. The SMILES string of the molecule is CCCCCCC1CCC(C2CCC(C3CCC(C4CC(F)C(OC(F)(F)F)C(F)C4)C(F)C3)CC2)CC1. The van der Waals surface area contributed by atoms with Crippen molar-refractivity contribution in [3.63, 3.8) is 0 Å². The minimum Gasteiger partial charge on any atom is -0.282 e. The molecule has 0 aromatic rings. The van der Waals surface area contributed by atoms with Crippen molar-refractivity contribution in [1.29, 1.82) is 0 Å². The lowest BCUT2D eigenvalue weighted by molar-refractivity contribution is -0.358. The first-order valence-corrected chi connectivity index (χ1v) is 15.8. The smallest absolute Gasteiger partial charge is 0.282 e. The predicted octanol–water partition coefficient (Wildman–Crippen LogP) is 10.3. The summed E-state index contributed by atoms with van der Waals surface area (Å²) < 4.78 is 85.4. The van der Waals surface area contributed by atoms with Gasteiger partial charge in [-0.3, -0.25) is 4.74 Å². The summed E-state index contributed by atoms with van der Waals surface area (Å²) in [7, 11) is 0. The van der Waals surface area contributed by atoms with Crippen LogP contribution < -0.4 is 0 Å². The zero-order chi connectivity index (χ0) is 27.3. The largest absolute Gasteiger partial charge is 0.522 e. The van der Waals surface area contributed by atoms with Crippen molar-refractivity contribution >= 4 is 0 Å².